The molecule has 0 spiro atoms. The van der Waals surface area contributed by atoms with Crippen molar-refractivity contribution >= 4 is 23.3 Å². The third kappa shape index (κ3) is 5.70. The van der Waals surface area contributed by atoms with Gasteiger partial charge in [0, 0.05) is 22.7 Å². The number of anilines is 1. The van der Waals surface area contributed by atoms with Crippen molar-refractivity contribution in [2.45, 2.75) is 20.8 Å². The molecule has 0 aliphatic carbocycles. The van der Waals surface area contributed by atoms with Crippen molar-refractivity contribution in [3.8, 4) is 0 Å². The SMILES string of the molecule is CC(C)(C)C(=O)Nc1ccc(C(=O)COC(=O)c2cc(F)cc(F)c2)cc1. The Hall–Kier alpha value is -3.09. The van der Waals surface area contributed by atoms with E-state index in [1.54, 1.807) is 32.9 Å². The van der Waals surface area contributed by atoms with E-state index in [0.29, 0.717) is 11.8 Å². The van der Waals surface area contributed by atoms with Gasteiger partial charge in [-0.15, -0.1) is 0 Å². The topological polar surface area (TPSA) is 72.5 Å². The van der Waals surface area contributed by atoms with Gasteiger partial charge in [-0.3, -0.25) is 9.59 Å². The Bertz CT molecular complexity index is 850. The fraction of sp³-hybridized carbons (Fsp3) is 0.250. The fourth-order valence-electron chi connectivity index (χ4n) is 2.03. The molecule has 0 aliphatic heterocycles. The smallest absolute Gasteiger partial charge is 0.338 e. The maximum absolute atomic E-state index is 13.1. The minimum absolute atomic E-state index is 0.169. The second-order valence-corrected chi connectivity index (χ2v) is 6.94. The molecule has 0 atom stereocenters. The molecule has 0 saturated carbocycles. The molecule has 0 aliphatic rings. The molecule has 0 radical (unpaired) electrons. The summed E-state index contributed by atoms with van der Waals surface area (Å²) >= 11 is 0. The van der Waals surface area contributed by atoms with Crippen molar-refractivity contribution in [2.24, 2.45) is 5.41 Å². The minimum Gasteiger partial charge on any atom is -0.454 e. The number of ether oxygens (including phenoxy) is 1. The van der Waals surface area contributed by atoms with E-state index < -0.39 is 35.4 Å². The van der Waals surface area contributed by atoms with Crippen LogP contribution in [0, 0.1) is 17.0 Å². The van der Waals surface area contributed by atoms with E-state index in [9.17, 15) is 23.2 Å². The Labute approximate surface area is 155 Å². The molecule has 0 bridgehead atoms. The summed E-state index contributed by atoms with van der Waals surface area (Å²) < 4.78 is 31.0. The molecule has 142 valence electrons. The molecular formula is C20H19F2NO4. The summed E-state index contributed by atoms with van der Waals surface area (Å²) in [5, 5.41) is 2.72. The highest BCUT2D eigenvalue weighted by Gasteiger charge is 2.21. The molecule has 0 saturated heterocycles. The van der Waals surface area contributed by atoms with E-state index in [0.717, 1.165) is 12.1 Å². The maximum Gasteiger partial charge on any atom is 0.338 e. The van der Waals surface area contributed by atoms with Crippen LogP contribution in [0.4, 0.5) is 14.5 Å². The summed E-state index contributed by atoms with van der Waals surface area (Å²) in [4.78, 5) is 35.8. The highest BCUT2D eigenvalue weighted by molar-refractivity contribution is 6.00. The molecule has 0 aromatic heterocycles. The average Bonchev–Trinajstić information content (AvgIpc) is 2.58. The normalized spacial score (nSPS) is 11.0. The molecule has 0 heterocycles. The lowest BCUT2D eigenvalue weighted by Crippen LogP contribution is -2.27. The van der Waals surface area contributed by atoms with Gasteiger partial charge in [-0.2, -0.15) is 0 Å². The van der Waals surface area contributed by atoms with E-state index in [2.05, 4.69) is 5.32 Å². The quantitative estimate of drug-likeness (QED) is 0.634. The van der Waals surface area contributed by atoms with Gasteiger partial charge in [0.2, 0.25) is 5.91 Å². The van der Waals surface area contributed by atoms with Gasteiger partial charge < -0.3 is 10.1 Å². The first-order chi connectivity index (χ1) is 12.6. The van der Waals surface area contributed by atoms with Gasteiger partial charge in [0.05, 0.1) is 5.56 Å². The largest absolute Gasteiger partial charge is 0.454 e. The van der Waals surface area contributed by atoms with E-state index >= 15 is 0 Å². The number of Topliss-reactive ketones (excluding diaryl/α,β-unsaturated/α-hetero) is 1. The van der Waals surface area contributed by atoms with Crippen LogP contribution in [-0.2, 0) is 9.53 Å². The van der Waals surface area contributed by atoms with Gasteiger partial charge in [0.1, 0.15) is 11.6 Å². The molecule has 0 fully saturated rings. The summed E-state index contributed by atoms with van der Waals surface area (Å²) in [7, 11) is 0. The number of amides is 1. The molecule has 1 amide bonds. The first kappa shape index (κ1) is 20.2. The number of carbonyl (C=O) groups is 3. The van der Waals surface area contributed by atoms with E-state index in [1.807, 2.05) is 0 Å². The van der Waals surface area contributed by atoms with Crippen LogP contribution in [0.2, 0.25) is 0 Å². The molecule has 2 aromatic carbocycles. The number of rotatable bonds is 5. The maximum atomic E-state index is 13.1. The molecule has 5 nitrogen and oxygen atoms in total. The Morgan fingerprint density at radius 2 is 1.48 bits per heavy atom. The fourth-order valence-corrected chi connectivity index (χ4v) is 2.03. The molecule has 2 aromatic rings. The predicted molar refractivity (Wildman–Crippen MR) is 95.5 cm³/mol. The van der Waals surface area contributed by atoms with Crippen LogP contribution in [0.3, 0.4) is 0 Å². The summed E-state index contributed by atoms with van der Waals surface area (Å²) in [5.74, 6) is -3.50. The Morgan fingerprint density at radius 1 is 0.926 bits per heavy atom. The number of nitrogens with one attached hydrogen (secondary N) is 1. The lowest BCUT2D eigenvalue weighted by molar-refractivity contribution is -0.123. The first-order valence-corrected chi connectivity index (χ1v) is 8.14. The predicted octanol–water partition coefficient (Wildman–Crippen LogP) is 3.99. The van der Waals surface area contributed by atoms with Gasteiger partial charge in [0.15, 0.2) is 12.4 Å². The average molecular weight is 375 g/mol. The Kier molecular flexibility index (Phi) is 6.05. The van der Waals surface area contributed by atoms with E-state index in [1.165, 1.54) is 12.1 Å². The summed E-state index contributed by atoms with van der Waals surface area (Å²) in [6.07, 6.45) is 0. The summed E-state index contributed by atoms with van der Waals surface area (Å²) in [5.41, 5.74) is -0.0831. The van der Waals surface area contributed by atoms with E-state index in [4.69, 9.17) is 4.74 Å². The number of hydrogen-bond donors (Lipinski definition) is 1. The highest BCUT2D eigenvalue weighted by atomic mass is 19.1. The van der Waals surface area contributed by atoms with Gasteiger partial charge in [-0.1, -0.05) is 20.8 Å². The molecule has 7 heteroatoms. The van der Waals surface area contributed by atoms with Crippen molar-refractivity contribution in [1.82, 2.24) is 0 Å². The molecule has 27 heavy (non-hydrogen) atoms. The van der Waals surface area contributed by atoms with E-state index in [-0.39, 0.29) is 17.0 Å². The van der Waals surface area contributed by atoms with Crippen molar-refractivity contribution in [2.75, 3.05) is 11.9 Å². The number of ketones is 1. The zero-order chi connectivity index (χ0) is 20.2. The van der Waals surface area contributed by atoms with Gasteiger partial charge >= 0.3 is 5.97 Å². The van der Waals surface area contributed by atoms with Crippen LogP contribution in [0.1, 0.15) is 41.5 Å². The number of esters is 1. The zero-order valence-electron chi connectivity index (χ0n) is 15.1. The van der Waals surface area contributed by atoms with Gasteiger partial charge in [0.25, 0.3) is 0 Å². The van der Waals surface area contributed by atoms with Crippen molar-refractivity contribution in [3.05, 3.63) is 65.2 Å². The minimum atomic E-state index is -1.00. The number of hydrogen-bond acceptors (Lipinski definition) is 4. The number of benzene rings is 2. The van der Waals surface area contributed by atoms with Crippen LogP contribution in [-0.4, -0.2) is 24.3 Å². The Balaban J connectivity index is 1.96. The number of halogens is 2. The summed E-state index contributed by atoms with van der Waals surface area (Å²) in [6.45, 7) is 4.75. The third-order valence-corrected chi connectivity index (χ3v) is 3.58. The van der Waals surface area contributed by atoms with Crippen molar-refractivity contribution in [1.29, 1.82) is 0 Å². The van der Waals surface area contributed by atoms with Gasteiger partial charge in [-0.05, 0) is 36.4 Å². The van der Waals surface area contributed by atoms with Crippen LogP contribution < -0.4 is 5.32 Å². The monoisotopic (exact) mass is 375 g/mol. The molecule has 0 unspecified atom stereocenters. The van der Waals surface area contributed by atoms with Crippen LogP contribution in [0.5, 0.6) is 0 Å². The molecule has 2 rings (SSSR count). The molecular weight excluding hydrogens is 356 g/mol. The highest BCUT2D eigenvalue weighted by Crippen LogP contribution is 2.18. The lowest BCUT2D eigenvalue weighted by atomic mass is 9.95. The van der Waals surface area contributed by atoms with Crippen molar-refractivity contribution < 1.29 is 27.9 Å². The molecule has 1 N–H and O–H groups in total. The first-order valence-electron chi connectivity index (χ1n) is 8.14. The second-order valence-electron chi connectivity index (χ2n) is 6.94. The summed E-state index contributed by atoms with van der Waals surface area (Å²) in [6, 6.07) is 8.35. The zero-order valence-corrected chi connectivity index (χ0v) is 15.1. The van der Waals surface area contributed by atoms with Gasteiger partial charge in [-0.25, -0.2) is 13.6 Å². The third-order valence-electron chi connectivity index (χ3n) is 3.58. The lowest BCUT2D eigenvalue weighted by Gasteiger charge is -2.17. The number of carbonyl (C=O) groups excluding carboxylic acids is 3. The van der Waals surface area contributed by atoms with Crippen LogP contribution in [0.15, 0.2) is 42.5 Å². The van der Waals surface area contributed by atoms with Crippen LogP contribution >= 0.6 is 0 Å². The second kappa shape index (κ2) is 8.07. The Morgan fingerprint density at radius 3 is 2.00 bits per heavy atom. The van der Waals surface area contributed by atoms with Crippen LogP contribution in [0.25, 0.3) is 0 Å². The standard InChI is InChI=1S/C20H19F2NO4/c1-20(2,3)19(26)23-16-6-4-12(5-7-16)17(24)11-27-18(25)13-8-14(21)10-15(22)9-13/h4-10H,11H2,1-3H3,(H,23,26). The van der Waals surface area contributed by atoms with Crippen molar-refractivity contribution in [3.63, 3.8) is 0 Å².